The average molecular weight is 721 g/mol. The molecule has 0 radical (unpaired) electrons. The Labute approximate surface area is 332 Å². The van der Waals surface area contributed by atoms with Gasteiger partial charge in [0.05, 0.1) is 0 Å². The van der Waals surface area contributed by atoms with E-state index in [9.17, 15) is 0 Å². The average Bonchev–Trinajstić information content (AvgIpc) is 3.92. The van der Waals surface area contributed by atoms with Crippen LogP contribution in [0.3, 0.4) is 0 Å². The van der Waals surface area contributed by atoms with Gasteiger partial charge in [0.2, 0.25) is 0 Å². The van der Waals surface area contributed by atoms with E-state index < -0.39 is 0 Å². The van der Waals surface area contributed by atoms with Crippen molar-refractivity contribution in [1.82, 2.24) is 0 Å². The summed E-state index contributed by atoms with van der Waals surface area (Å²) in [5.41, 5.74) is 23.8. The lowest BCUT2D eigenvalue weighted by atomic mass is 9.72. The maximum absolute atomic E-state index is 2.51. The summed E-state index contributed by atoms with van der Waals surface area (Å²) < 4.78 is 0. The quantitative estimate of drug-likeness (QED) is 0.154. The lowest BCUT2D eigenvalue weighted by Crippen LogP contribution is -2.16. The molecule has 0 amide bonds. The second-order valence-corrected chi connectivity index (χ2v) is 16.5. The van der Waals surface area contributed by atoms with E-state index in [-0.39, 0.29) is 17.8 Å². The van der Waals surface area contributed by atoms with Crippen LogP contribution in [-0.4, -0.2) is 0 Å². The Balaban J connectivity index is 1.24. The van der Waals surface area contributed by atoms with Gasteiger partial charge in [-0.3, -0.25) is 0 Å². The largest absolute Gasteiger partial charge is 0.0720 e. The Morgan fingerprint density at radius 2 is 1.14 bits per heavy atom. The van der Waals surface area contributed by atoms with Crippen LogP contribution in [0.5, 0.6) is 0 Å². The zero-order chi connectivity index (χ0) is 38.1. The van der Waals surface area contributed by atoms with E-state index in [1.807, 2.05) is 0 Å². The molecule has 0 spiro atoms. The van der Waals surface area contributed by atoms with Crippen LogP contribution in [0.4, 0.5) is 0 Å². The molecule has 0 nitrogen and oxygen atoms in total. The Morgan fingerprint density at radius 3 is 1.95 bits per heavy atom. The lowest BCUT2D eigenvalue weighted by molar-refractivity contribution is 0.838. The maximum Gasteiger partial charge on any atom is 0.0311 e. The van der Waals surface area contributed by atoms with Gasteiger partial charge < -0.3 is 0 Å². The highest BCUT2D eigenvalue weighted by Crippen LogP contribution is 2.55. The zero-order valence-electron chi connectivity index (χ0n) is 33.1. The first-order valence-corrected chi connectivity index (χ1v) is 20.5. The molecule has 3 unspecified atom stereocenters. The first-order chi connectivity index (χ1) is 27.4. The predicted octanol–water partition coefficient (Wildman–Crippen LogP) is 15.1. The Kier molecular flexibility index (Phi) is 8.41. The topological polar surface area (TPSA) is 0 Å². The molecule has 3 aliphatic carbocycles. The van der Waals surface area contributed by atoms with Gasteiger partial charge in [0.25, 0.3) is 0 Å². The van der Waals surface area contributed by atoms with Gasteiger partial charge in [0, 0.05) is 17.8 Å². The van der Waals surface area contributed by atoms with E-state index in [1.165, 1.54) is 105 Å². The minimum absolute atomic E-state index is 0.135. The molecule has 0 N–H and O–H groups in total. The number of fused-ring (bicyclic) bond motifs is 4. The van der Waals surface area contributed by atoms with Gasteiger partial charge in [-0.2, -0.15) is 0 Å². The number of hydrogen-bond acceptors (Lipinski definition) is 0. The van der Waals surface area contributed by atoms with Crippen molar-refractivity contribution in [3.8, 4) is 22.3 Å². The maximum atomic E-state index is 2.51. The molecule has 3 atom stereocenters. The molecule has 7 aromatic rings. The fourth-order valence-electron chi connectivity index (χ4n) is 10.5. The van der Waals surface area contributed by atoms with Crippen molar-refractivity contribution in [1.29, 1.82) is 0 Å². The second-order valence-electron chi connectivity index (χ2n) is 16.5. The molecule has 0 aromatic heterocycles. The van der Waals surface area contributed by atoms with Crippen LogP contribution in [0.2, 0.25) is 0 Å². The minimum Gasteiger partial charge on any atom is -0.0720 e. The smallest absolute Gasteiger partial charge is 0.0311 e. The molecule has 56 heavy (non-hydrogen) atoms. The van der Waals surface area contributed by atoms with Crippen molar-refractivity contribution < 1.29 is 0 Å². The highest BCUT2D eigenvalue weighted by atomic mass is 14.4. The van der Waals surface area contributed by atoms with Crippen LogP contribution in [0.1, 0.15) is 119 Å². The number of hydrogen-bond donors (Lipinski definition) is 0. The Bertz CT molecular complexity index is 2780. The van der Waals surface area contributed by atoms with E-state index >= 15 is 0 Å². The summed E-state index contributed by atoms with van der Waals surface area (Å²) in [5, 5.41) is 2.58. The van der Waals surface area contributed by atoms with Crippen LogP contribution in [0.25, 0.3) is 51.3 Å². The van der Waals surface area contributed by atoms with Crippen LogP contribution < -0.4 is 0 Å². The lowest BCUT2D eigenvalue weighted by Gasteiger charge is -2.31. The predicted molar refractivity (Wildman–Crippen MR) is 239 cm³/mol. The molecule has 0 saturated heterocycles. The summed E-state index contributed by atoms with van der Waals surface area (Å²) in [7, 11) is 0. The number of allylic oxidation sites excluding steroid dienone is 3. The summed E-state index contributed by atoms with van der Waals surface area (Å²) in [6.45, 7) is 11.8. The highest BCUT2D eigenvalue weighted by Gasteiger charge is 2.38. The SMILES string of the molecule is CCc1ccc(C2C(C)=Cc3c(C(C)C)cccc32)c(C2C(C)=Cc3c(-c4cccc5ccccc45)cccc32)c1C1C=Cc2c(-c3ccccc3)cccc21. The summed E-state index contributed by atoms with van der Waals surface area (Å²) in [6, 6.07) is 52.5. The first kappa shape index (κ1) is 34.5. The van der Waals surface area contributed by atoms with Crippen molar-refractivity contribution in [2.45, 2.75) is 64.7 Å². The molecule has 0 heterocycles. The van der Waals surface area contributed by atoms with Crippen molar-refractivity contribution in [3.63, 3.8) is 0 Å². The number of benzene rings is 7. The van der Waals surface area contributed by atoms with E-state index in [0.717, 1.165) is 6.42 Å². The Morgan fingerprint density at radius 1 is 0.500 bits per heavy atom. The van der Waals surface area contributed by atoms with Gasteiger partial charge in [-0.1, -0.05) is 196 Å². The highest BCUT2D eigenvalue weighted by molar-refractivity contribution is 5.99. The van der Waals surface area contributed by atoms with Gasteiger partial charge in [0.1, 0.15) is 0 Å². The summed E-state index contributed by atoms with van der Waals surface area (Å²) in [4.78, 5) is 0. The molecule has 10 rings (SSSR count). The fourth-order valence-corrected chi connectivity index (χ4v) is 10.5. The molecule has 0 heteroatoms. The molecule has 0 aliphatic heterocycles. The third kappa shape index (κ3) is 5.34. The van der Waals surface area contributed by atoms with E-state index in [4.69, 9.17) is 0 Å². The number of rotatable bonds is 7. The molecule has 3 aliphatic rings. The summed E-state index contributed by atoms with van der Waals surface area (Å²) in [6.07, 6.45) is 10.9. The van der Waals surface area contributed by atoms with Crippen LogP contribution in [-0.2, 0) is 6.42 Å². The van der Waals surface area contributed by atoms with Crippen molar-refractivity contribution in [2.75, 3.05) is 0 Å². The van der Waals surface area contributed by atoms with Gasteiger partial charge in [-0.25, -0.2) is 0 Å². The first-order valence-electron chi connectivity index (χ1n) is 20.5. The van der Waals surface area contributed by atoms with Crippen LogP contribution in [0.15, 0.2) is 157 Å². The van der Waals surface area contributed by atoms with Crippen molar-refractivity contribution in [2.24, 2.45) is 0 Å². The van der Waals surface area contributed by atoms with Crippen LogP contribution in [0, 0.1) is 0 Å². The molecular formula is C56H48. The van der Waals surface area contributed by atoms with E-state index in [2.05, 4.69) is 198 Å². The number of aryl methyl sites for hydroxylation is 1. The van der Waals surface area contributed by atoms with Gasteiger partial charge >= 0.3 is 0 Å². The van der Waals surface area contributed by atoms with Crippen LogP contribution >= 0.6 is 0 Å². The fraction of sp³-hybridized carbons (Fsp3) is 0.179. The van der Waals surface area contributed by atoms with E-state index in [1.54, 1.807) is 0 Å². The normalized spacial score (nSPS) is 17.9. The standard InChI is InChI=1S/C56H48/c1-6-37-28-29-50(53-35(4)32-51-40(34(2)3)21-13-26-47(51)53)56(55(37)49-31-30-46-42(22-14-24-44(46)49)38-16-8-7-9-17-38)54-36(5)33-52-45(25-15-27-48(52)54)43-23-12-19-39-18-10-11-20-41(39)43/h7-34,49,53-54H,6H2,1-5H3. The minimum atomic E-state index is 0.135. The summed E-state index contributed by atoms with van der Waals surface area (Å²) >= 11 is 0. The molecule has 0 saturated carbocycles. The molecule has 272 valence electrons. The van der Waals surface area contributed by atoms with Gasteiger partial charge in [0.15, 0.2) is 0 Å². The third-order valence-corrected chi connectivity index (χ3v) is 13.0. The van der Waals surface area contributed by atoms with Gasteiger partial charge in [-0.05, 0) is 120 Å². The summed E-state index contributed by atoms with van der Waals surface area (Å²) in [5.74, 6) is 0.950. The Hall–Kier alpha value is -5.98. The van der Waals surface area contributed by atoms with Crippen molar-refractivity contribution >= 4 is 29.0 Å². The monoisotopic (exact) mass is 720 g/mol. The second kappa shape index (κ2) is 13.6. The molecular weight excluding hydrogens is 673 g/mol. The molecule has 7 aromatic carbocycles. The van der Waals surface area contributed by atoms with E-state index in [0.29, 0.717) is 5.92 Å². The third-order valence-electron chi connectivity index (χ3n) is 13.0. The zero-order valence-corrected chi connectivity index (χ0v) is 33.1. The van der Waals surface area contributed by atoms with Gasteiger partial charge in [-0.15, -0.1) is 0 Å². The molecule has 0 bridgehead atoms. The van der Waals surface area contributed by atoms with Crippen molar-refractivity contribution in [3.05, 3.63) is 218 Å². The molecule has 0 fully saturated rings.